The number of ether oxygens (including phenoxy) is 2. The fraction of sp³-hybridized carbons (Fsp3) is 0.410. The molecule has 2 N–H and O–H groups in total. The zero-order valence-corrected chi connectivity index (χ0v) is 29.7. The van der Waals surface area contributed by atoms with Crippen molar-refractivity contribution in [3.8, 4) is 11.5 Å². The maximum Gasteiger partial charge on any atom is 0.282 e. The highest BCUT2D eigenvalue weighted by Gasteiger charge is 2.52. The Labute approximate surface area is 289 Å². The Kier molecular flexibility index (Phi) is 9.25. The number of benzene rings is 3. The molecule has 1 fully saturated rings. The lowest BCUT2D eigenvalue weighted by molar-refractivity contribution is -0.0821. The highest BCUT2D eigenvalue weighted by molar-refractivity contribution is 6.99. The van der Waals surface area contributed by atoms with Gasteiger partial charge < -0.3 is 24.5 Å². The van der Waals surface area contributed by atoms with E-state index in [1.165, 1.54) is 0 Å². The van der Waals surface area contributed by atoms with Gasteiger partial charge in [0, 0.05) is 18.6 Å². The van der Waals surface area contributed by atoms with E-state index in [4.69, 9.17) is 18.9 Å². The first kappa shape index (κ1) is 33.7. The average molecular weight is 685 g/mol. The van der Waals surface area contributed by atoms with Gasteiger partial charge in [-0.3, -0.25) is 9.88 Å². The molecule has 3 aliphatic heterocycles. The van der Waals surface area contributed by atoms with Crippen molar-refractivity contribution >= 4 is 24.4 Å². The SMILES string of the molecule is C[C@@H]1Cc2cc3c(cc2[C@@H](c2ccc(N[C@H]4CCNC4)cn2)N1CC(F)(F)CO[Si](c1ccccc1)(c1ccccc1)C(C)(C)C)OCO3. The largest absolute Gasteiger partial charge is 0.454 e. The summed E-state index contributed by atoms with van der Waals surface area (Å²) in [6.07, 6.45) is 3.46. The predicted molar refractivity (Wildman–Crippen MR) is 192 cm³/mol. The zero-order chi connectivity index (χ0) is 34.2. The van der Waals surface area contributed by atoms with E-state index in [9.17, 15) is 0 Å². The Bertz CT molecular complexity index is 1690. The van der Waals surface area contributed by atoms with Gasteiger partial charge in [0.2, 0.25) is 6.79 Å². The van der Waals surface area contributed by atoms with Crippen molar-refractivity contribution in [3.05, 3.63) is 108 Å². The third-order valence-electron chi connectivity index (χ3n) is 10.2. The van der Waals surface area contributed by atoms with E-state index in [1.807, 2.05) is 103 Å². The van der Waals surface area contributed by atoms with Crippen molar-refractivity contribution in [2.24, 2.45) is 0 Å². The molecule has 0 aliphatic carbocycles. The van der Waals surface area contributed by atoms with Crippen molar-refractivity contribution in [2.75, 3.05) is 38.4 Å². The van der Waals surface area contributed by atoms with Crippen molar-refractivity contribution in [1.29, 1.82) is 0 Å². The van der Waals surface area contributed by atoms with Crippen LogP contribution in [0.1, 0.15) is 57.0 Å². The average Bonchev–Trinajstić information content (AvgIpc) is 3.77. The first-order valence-electron chi connectivity index (χ1n) is 17.3. The van der Waals surface area contributed by atoms with E-state index in [2.05, 4.69) is 31.4 Å². The number of aromatic nitrogens is 1. The molecule has 4 aromatic rings. The smallest absolute Gasteiger partial charge is 0.282 e. The third kappa shape index (κ3) is 6.71. The lowest BCUT2D eigenvalue weighted by Crippen LogP contribution is -2.67. The number of halogens is 2. The summed E-state index contributed by atoms with van der Waals surface area (Å²) in [5.74, 6) is -1.84. The van der Waals surface area contributed by atoms with Gasteiger partial charge in [-0.1, -0.05) is 81.4 Å². The lowest BCUT2D eigenvalue weighted by atomic mass is 9.86. The van der Waals surface area contributed by atoms with E-state index in [-0.39, 0.29) is 12.8 Å². The van der Waals surface area contributed by atoms with Crippen LogP contribution in [-0.2, 0) is 10.8 Å². The minimum Gasteiger partial charge on any atom is -0.454 e. The maximum absolute atomic E-state index is 16.7. The fourth-order valence-corrected chi connectivity index (χ4v) is 12.4. The Hall–Kier alpha value is -3.83. The number of hydrogen-bond donors (Lipinski definition) is 2. The van der Waals surface area contributed by atoms with Gasteiger partial charge in [-0.15, -0.1) is 0 Å². The lowest BCUT2D eigenvalue weighted by Gasteiger charge is -2.45. The summed E-state index contributed by atoms with van der Waals surface area (Å²) < 4.78 is 51.6. The Balaban J connectivity index is 1.21. The Morgan fingerprint density at radius 3 is 2.22 bits per heavy atom. The molecule has 0 bridgehead atoms. The summed E-state index contributed by atoms with van der Waals surface area (Å²) in [5, 5.41) is 8.46. The van der Waals surface area contributed by atoms with E-state index in [0.29, 0.717) is 29.7 Å². The molecule has 1 aromatic heterocycles. The quantitative estimate of drug-likeness (QED) is 0.195. The second kappa shape index (κ2) is 13.5. The van der Waals surface area contributed by atoms with E-state index in [1.54, 1.807) is 0 Å². The van der Waals surface area contributed by atoms with Gasteiger partial charge in [0.1, 0.15) is 0 Å². The summed E-state index contributed by atoms with van der Waals surface area (Å²) in [7, 11) is -3.17. The molecule has 1 saturated heterocycles. The Morgan fingerprint density at radius 2 is 1.63 bits per heavy atom. The van der Waals surface area contributed by atoms with Crippen LogP contribution in [0.15, 0.2) is 91.1 Å². The van der Waals surface area contributed by atoms with Gasteiger partial charge >= 0.3 is 0 Å². The maximum atomic E-state index is 16.7. The second-order valence-electron chi connectivity index (χ2n) is 14.6. The molecular weight excluding hydrogens is 639 g/mol. The van der Waals surface area contributed by atoms with Gasteiger partial charge in [-0.05, 0) is 77.1 Å². The van der Waals surface area contributed by atoms with Crippen molar-refractivity contribution < 1.29 is 22.7 Å². The molecule has 0 amide bonds. The number of rotatable bonds is 10. The first-order valence-corrected chi connectivity index (χ1v) is 19.2. The summed E-state index contributed by atoms with van der Waals surface area (Å²) in [6, 6.07) is 27.5. The fourth-order valence-electron chi connectivity index (χ4n) is 7.83. The molecule has 4 heterocycles. The first-order chi connectivity index (χ1) is 23.5. The van der Waals surface area contributed by atoms with E-state index in [0.717, 1.165) is 46.7 Å². The van der Waals surface area contributed by atoms with Gasteiger partial charge in [-0.25, -0.2) is 8.78 Å². The highest BCUT2D eigenvalue weighted by Crippen LogP contribution is 2.45. The standard InChI is InChI=1S/C39H46F2N4O3Si/c1-27-19-28-20-35-36(47-26-46-35)21-33(28)37(34-16-15-29(23-43-34)44-30-17-18-42-22-30)45(27)24-39(40,41)25-48-49(38(2,3)4,31-11-7-5-8-12-31)32-13-9-6-10-14-32/h5-16,20-21,23,27,30,37,42,44H,17-19,22,24-26H2,1-4H3/t27-,30+,37+/m1/s1. The van der Waals surface area contributed by atoms with Crippen LogP contribution in [0.2, 0.25) is 5.04 Å². The monoisotopic (exact) mass is 684 g/mol. The molecule has 0 spiro atoms. The summed E-state index contributed by atoms with van der Waals surface area (Å²) in [4.78, 5) is 6.78. The minimum absolute atomic E-state index is 0.147. The molecule has 0 unspecified atom stereocenters. The van der Waals surface area contributed by atoms with Crippen LogP contribution in [-0.4, -0.2) is 69.2 Å². The highest BCUT2D eigenvalue weighted by atomic mass is 28.4. The number of nitrogens with one attached hydrogen (secondary N) is 2. The molecule has 7 rings (SSSR count). The molecule has 0 saturated carbocycles. The zero-order valence-electron chi connectivity index (χ0n) is 28.7. The van der Waals surface area contributed by atoms with Crippen LogP contribution in [0.4, 0.5) is 14.5 Å². The number of alkyl halides is 2. The molecule has 3 atom stereocenters. The van der Waals surface area contributed by atoms with E-state index < -0.39 is 38.5 Å². The summed E-state index contributed by atoms with van der Waals surface area (Å²) in [6.45, 7) is 9.19. The molecule has 10 heteroatoms. The molecular formula is C39H46F2N4O3Si. The van der Waals surface area contributed by atoms with Gasteiger partial charge in [0.15, 0.2) is 11.5 Å². The molecule has 7 nitrogen and oxygen atoms in total. The van der Waals surface area contributed by atoms with Gasteiger partial charge in [0.05, 0.1) is 36.8 Å². The minimum atomic E-state index is -3.17. The number of nitrogens with zero attached hydrogens (tertiary/aromatic N) is 2. The number of hydrogen-bond acceptors (Lipinski definition) is 7. The predicted octanol–water partition coefficient (Wildman–Crippen LogP) is 6.13. The molecule has 258 valence electrons. The summed E-state index contributed by atoms with van der Waals surface area (Å²) >= 11 is 0. The van der Waals surface area contributed by atoms with Crippen molar-refractivity contribution in [1.82, 2.24) is 15.2 Å². The second-order valence-corrected chi connectivity index (χ2v) is 19.0. The molecule has 3 aliphatic rings. The number of pyridine rings is 1. The van der Waals surface area contributed by atoms with Gasteiger partial charge in [-0.2, -0.15) is 0 Å². The molecule has 49 heavy (non-hydrogen) atoms. The van der Waals surface area contributed by atoms with Gasteiger partial charge in [0.25, 0.3) is 14.2 Å². The number of anilines is 1. The number of fused-ring (bicyclic) bond motifs is 2. The van der Waals surface area contributed by atoms with Crippen LogP contribution in [0, 0.1) is 0 Å². The van der Waals surface area contributed by atoms with Crippen LogP contribution < -0.4 is 30.5 Å². The van der Waals surface area contributed by atoms with Crippen LogP contribution >= 0.6 is 0 Å². The van der Waals surface area contributed by atoms with Crippen LogP contribution in [0.3, 0.4) is 0 Å². The van der Waals surface area contributed by atoms with Crippen LogP contribution in [0.25, 0.3) is 0 Å². The van der Waals surface area contributed by atoms with E-state index >= 15 is 8.78 Å². The van der Waals surface area contributed by atoms with Crippen molar-refractivity contribution in [3.63, 3.8) is 0 Å². The topological polar surface area (TPSA) is 67.9 Å². The normalized spacial score (nSPS) is 21.1. The molecule has 3 aromatic carbocycles. The van der Waals surface area contributed by atoms with Crippen LogP contribution in [0.5, 0.6) is 11.5 Å². The summed E-state index contributed by atoms with van der Waals surface area (Å²) in [5.41, 5.74) is 3.61. The van der Waals surface area contributed by atoms with Crippen molar-refractivity contribution in [2.45, 2.75) is 69.6 Å². The third-order valence-corrected chi connectivity index (χ3v) is 15.2. The Morgan fingerprint density at radius 1 is 0.959 bits per heavy atom. The molecule has 0 radical (unpaired) electrons.